The Morgan fingerprint density at radius 1 is 1.06 bits per heavy atom. The molecule has 5 rings (SSSR count). The van der Waals surface area contributed by atoms with Crippen molar-refractivity contribution in [1.29, 1.82) is 0 Å². The summed E-state index contributed by atoms with van der Waals surface area (Å²) in [6, 6.07) is 18.2. The van der Waals surface area contributed by atoms with Gasteiger partial charge in [-0.2, -0.15) is 0 Å². The number of hydrogen-bond donors (Lipinski definition) is 1. The number of amides is 2. The zero-order valence-corrected chi connectivity index (χ0v) is 17.6. The summed E-state index contributed by atoms with van der Waals surface area (Å²) in [5.74, 6) is 0.501. The van der Waals surface area contributed by atoms with Crippen molar-refractivity contribution < 1.29 is 9.59 Å². The van der Waals surface area contributed by atoms with E-state index in [1.807, 2.05) is 66.2 Å². The topological polar surface area (TPSA) is 67.2 Å². The van der Waals surface area contributed by atoms with Crippen LogP contribution in [0.5, 0.6) is 0 Å². The number of benzene rings is 2. The van der Waals surface area contributed by atoms with Gasteiger partial charge in [0.05, 0.1) is 5.69 Å². The van der Waals surface area contributed by atoms with Crippen molar-refractivity contribution in [3.05, 3.63) is 66.4 Å². The van der Waals surface area contributed by atoms with Gasteiger partial charge in [-0.05, 0) is 50.3 Å². The molecule has 6 heteroatoms. The van der Waals surface area contributed by atoms with Gasteiger partial charge in [0, 0.05) is 29.4 Å². The number of rotatable bonds is 7. The van der Waals surface area contributed by atoms with Gasteiger partial charge in [0.15, 0.2) is 0 Å². The molecule has 158 valence electrons. The maximum atomic E-state index is 12.9. The van der Waals surface area contributed by atoms with Crippen molar-refractivity contribution in [3.8, 4) is 16.9 Å². The minimum atomic E-state index is -0.208. The Morgan fingerprint density at radius 2 is 1.84 bits per heavy atom. The van der Waals surface area contributed by atoms with Gasteiger partial charge in [0.2, 0.25) is 17.8 Å². The number of imidazole rings is 1. The molecule has 1 heterocycles. The Hall–Kier alpha value is -3.41. The molecule has 31 heavy (non-hydrogen) atoms. The highest BCUT2D eigenvalue weighted by Gasteiger charge is 2.40. The number of carbonyl (C=O) groups is 2. The lowest BCUT2D eigenvalue weighted by Gasteiger charge is -2.21. The molecule has 2 aromatic carbocycles. The smallest absolute Gasteiger partial charge is 0.246 e. The number of carbonyl (C=O) groups excluding carboxylic acids is 2. The third-order valence-corrected chi connectivity index (χ3v) is 5.82. The quantitative estimate of drug-likeness (QED) is 0.630. The van der Waals surface area contributed by atoms with Gasteiger partial charge in [-0.25, -0.2) is 4.98 Å². The normalized spacial score (nSPS) is 15.5. The van der Waals surface area contributed by atoms with E-state index in [9.17, 15) is 9.59 Å². The van der Waals surface area contributed by atoms with Crippen molar-refractivity contribution in [2.45, 2.75) is 38.6 Å². The largest absolute Gasteiger partial charge is 0.330 e. The van der Waals surface area contributed by atoms with Crippen LogP contribution in [0.3, 0.4) is 0 Å². The fourth-order valence-corrected chi connectivity index (χ4v) is 3.85. The molecule has 0 spiro atoms. The first-order chi connectivity index (χ1) is 15.1. The maximum absolute atomic E-state index is 12.9. The van der Waals surface area contributed by atoms with Crippen molar-refractivity contribution >= 4 is 17.8 Å². The van der Waals surface area contributed by atoms with E-state index >= 15 is 0 Å². The van der Waals surface area contributed by atoms with E-state index in [-0.39, 0.29) is 30.3 Å². The van der Waals surface area contributed by atoms with E-state index in [4.69, 9.17) is 4.98 Å². The Labute approximate surface area is 181 Å². The highest BCUT2D eigenvalue weighted by Crippen LogP contribution is 2.36. The molecule has 2 aliphatic rings. The summed E-state index contributed by atoms with van der Waals surface area (Å²) < 4.78 is 1.90. The van der Waals surface area contributed by atoms with E-state index in [1.165, 1.54) is 0 Å². The van der Waals surface area contributed by atoms with Crippen molar-refractivity contribution in [1.82, 2.24) is 14.5 Å². The lowest BCUT2D eigenvalue weighted by Crippen LogP contribution is -2.40. The van der Waals surface area contributed by atoms with Gasteiger partial charge < -0.3 is 4.90 Å². The minimum absolute atomic E-state index is 0.0847. The van der Waals surface area contributed by atoms with Gasteiger partial charge in [0.1, 0.15) is 6.54 Å². The minimum Gasteiger partial charge on any atom is -0.330 e. The summed E-state index contributed by atoms with van der Waals surface area (Å²) in [7, 11) is 0. The number of aromatic nitrogens is 2. The molecule has 2 fully saturated rings. The number of hydrogen-bond acceptors (Lipinski definition) is 3. The molecule has 2 amide bonds. The Morgan fingerprint density at radius 3 is 2.52 bits per heavy atom. The molecular formula is C25H26N4O2. The van der Waals surface area contributed by atoms with Gasteiger partial charge in [0.25, 0.3) is 0 Å². The van der Waals surface area contributed by atoms with Crippen molar-refractivity contribution in [2.75, 3.05) is 11.9 Å². The molecule has 2 saturated carbocycles. The summed E-state index contributed by atoms with van der Waals surface area (Å²) in [5, 5.41) is 2.97. The second-order valence-electron chi connectivity index (χ2n) is 8.54. The summed E-state index contributed by atoms with van der Waals surface area (Å²) in [6.07, 6.45) is 5.81. The average Bonchev–Trinajstić information content (AvgIpc) is 3.70. The SMILES string of the molecule is Cc1cccc(-n2cc(-c3ccccc3)nc2NC(=O)CN(C(=O)C2CC2)C2CC2)c1. The van der Waals surface area contributed by atoms with E-state index in [2.05, 4.69) is 11.4 Å². The van der Waals surface area contributed by atoms with Crippen LogP contribution in [0.1, 0.15) is 31.2 Å². The van der Waals surface area contributed by atoms with E-state index in [0.29, 0.717) is 5.95 Å². The van der Waals surface area contributed by atoms with Crippen LogP contribution in [0.2, 0.25) is 0 Å². The molecule has 3 aromatic rings. The molecule has 1 aromatic heterocycles. The number of anilines is 1. The molecular weight excluding hydrogens is 388 g/mol. The molecule has 6 nitrogen and oxygen atoms in total. The predicted octanol–water partition coefficient (Wildman–Crippen LogP) is 4.19. The Bertz CT molecular complexity index is 1110. The fourth-order valence-electron chi connectivity index (χ4n) is 3.85. The first kappa shape index (κ1) is 19.5. The highest BCUT2D eigenvalue weighted by molar-refractivity contribution is 5.94. The van der Waals surface area contributed by atoms with Gasteiger partial charge in [-0.15, -0.1) is 0 Å². The number of nitrogens with one attached hydrogen (secondary N) is 1. The molecule has 0 unspecified atom stereocenters. The van der Waals surface area contributed by atoms with Crippen LogP contribution in [-0.2, 0) is 9.59 Å². The third kappa shape index (κ3) is 4.38. The van der Waals surface area contributed by atoms with Crippen LogP contribution in [0, 0.1) is 12.8 Å². The first-order valence-corrected chi connectivity index (χ1v) is 10.9. The molecule has 0 atom stereocenters. The monoisotopic (exact) mass is 414 g/mol. The molecule has 1 N–H and O–H groups in total. The Balaban J connectivity index is 1.42. The van der Waals surface area contributed by atoms with Gasteiger partial charge in [-0.3, -0.25) is 19.5 Å². The first-order valence-electron chi connectivity index (χ1n) is 10.9. The van der Waals surface area contributed by atoms with Gasteiger partial charge in [-0.1, -0.05) is 42.5 Å². The molecule has 0 saturated heterocycles. The summed E-state index contributed by atoms with van der Waals surface area (Å²) in [4.78, 5) is 32.0. The van der Waals surface area contributed by atoms with E-state index in [0.717, 1.165) is 48.2 Å². The van der Waals surface area contributed by atoms with E-state index in [1.54, 1.807) is 4.90 Å². The number of nitrogens with zero attached hydrogens (tertiary/aromatic N) is 3. The predicted molar refractivity (Wildman–Crippen MR) is 120 cm³/mol. The van der Waals surface area contributed by atoms with Crippen LogP contribution in [-0.4, -0.2) is 38.9 Å². The van der Waals surface area contributed by atoms with Gasteiger partial charge >= 0.3 is 0 Å². The second-order valence-corrected chi connectivity index (χ2v) is 8.54. The number of aryl methyl sites for hydroxylation is 1. The third-order valence-electron chi connectivity index (χ3n) is 5.82. The summed E-state index contributed by atoms with van der Waals surface area (Å²) in [6.45, 7) is 2.12. The standard InChI is InChI=1S/C25H26N4O2/c1-17-6-5-9-21(14-17)29-15-22(18-7-3-2-4-8-18)26-25(29)27-23(30)16-28(20-12-13-20)24(31)19-10-11-19/h2-9,14-15,19-20H,10-13,16H2,1H3,(H,26,27,30). The molecule has 2 aliphatic carbocycles. The lowest BCUT2D eigenvalue weighted by molar-refractivity contribution is -0.136. The van der Waals surface area contributed by atoms with Crippen LogP contribution in [0.25, 0.3) is 16.9 Å². The van der Waals surface area contributed by atoms with Crippen LogP contribution >= 0.6 is 0 Å². The molecule has 0 radical (unpaired) electrons. The summed E-state index contributed by atoms with van der Waals surface area (Å²) in [5.41, 5.74) is 3.82. The Kier molecular flexibility index (Phi) is 5.06. The van der Waals surface area contributed by atoms with Crippen LogP contribution < -0.4 is 5.32 Å². The van der Waals surface area contributed by atoms with Crippen LogP contribution in [0.15, 0.2) is 60.8 Å². The zero-order chi connectivity index (χ0) is 21.4. The fraction of sp³-hybridized carbons (Fsp3) is 0.320. The lowest BCUT2D eigenvalue weighted by atomic mass is 10.2. The van der Waals surface area contributed by atoms with Crippen LogP contribution in [0.4, 0.5) is 5.95 Å². The van der Waals surface area contributed by atoms with E-state index < -0.39 is 0 Å². The maximum Gasteiger partial charge on any atom is 0.246 e. The second kappa shape index (κ2) is 8.02. The molecule has 0 aliphatic heterocycles. The molecule has 0 bridgehead atoms. The van der Waals surface area contributed by atoms with Crippen molar-refractivity contribution in [2.24, 2.45) is 5.92 Å². The zero-order valence-electron chi connectivity index (χ0n) is 17.6. The highest BCUT2D eigenvalue weighted by atomic mass is 16.2. The van der Waals surface area contributed by atoms with Crippen molar-refractivity contribution in [3.63, 3.8) is 0 Å². The summed E-state index contributed by atoms with van der Waals surface area (Å²) >= 11 is 0. The average molecular weight is 415 g/mol.